The predicted octanol–water partition coefficient (Wildman–Crippen LogP) is 5.48. The SMILES string of the molecule is CCOc1ccc2c(c1)OC(C)(C)CC21CN(Cc2cnc(N(C)C)s2)c2ccccc21. The van der Waals surface area contributed by atoms with E-state index in [1.54, 1.807) is 11.3 Å². The molecule has 168 valence electrons. The fraction of sp³-hybridized carbons (Fsp3) is 0.423. The van der Waals surface area contributed by atoms with Gasteiger partial charge in [0, 0.05) is 60.9 Å². The molecule has 2 aromatic carbocycles. The predicted molar refractivity (Wildman–Crippen MR) is 132 cm³/mol. The second-order valence-corrected chi connectivity index (χ2v) is 10.7. The van der Waals surface area contributed by atoms with E-state index >= 15 is 0 Å². The zero-order chi connectivity index (χ0) is 22.5. The van der Waals surface area contributed by atoms with Gasteiger partial charge in [0.15, 0.2) is 5.13 Å². The smallest absolute Gasteiger partial charge is 0.185 e. The second kappa shape index (κ2) is 7.69. The summed E-state index contributed by atoms with van der Waals surface area (Å²) in [5.41, 5.74) is 3.56. The van der Waals surface area contributed by atoms with Crippen molar-refractivity contribution >= 4 is 22.2 Å². The minimum Gasteiger partial charge on any atom is -0.494 e. The first-order valence-corrected chi connectivity index (χ1v) is 12.1. The van der Waals surface area contributed by atoms with Crippen LogP contribution in [0, 0.1) is 0 Å². The number of anilines is 2. The third-order valence-corrected chi connectivity index (χ3v) is 7.53. The topological polar surface area (TPSA) is 37.8 Å². The van der Waals surface area contributed by atoms with E-state index in [0.29, 0.717) is 6.61 Å². The van der Waals surface area contributed by atoms with Gasteiger partial charge in [-0.2, -0.15) is 0 Å². The highest BCUT2D eigenvalue weighted by molar-refractivity contribution is 7.15. The molecular formula is C26H31N3O2S. The van der Waals surface area contributed by atoms with Gasteiger partial charge >= 0.3 is 0 Å². The summed E-state index contributed by atoms with van der Waals surface area (Å²) in [5, 5.41) is 1.04. The van der Waals surface area contributed by atoms with Crippen LogP contribution in [0.25, 0.3) is 0 Å². The number of benzene rings is 2. The largest absolute Gasteiger partial charge is 0.494 e. The highest BCUT2D eigenvalue weighted by atomic mass is 32.1. The molecule has 32 heavy (non-hydrogen) atoms. The Morgan fingerprint density at radius 1 is 1.16 bits per heavy atom. The first-order valence-electron chi connectivity index (χ1n) is 11.2. The number of ether oxygens (including phenoxy) is 2. The van der Waals surface area contributed by atoms with E-state index < -0.39 is 0 Å². The summed E-state index contributed by atoms with van der Waals surface area (Å²) in [6.45, 7) is 8.84. The molecule has 3 heterocycles. The molecule has 1 unspecified atom stereocenters. The van der Waals surface area contributed by atoms with E-state index in [-0.39, 0.29) is 11.0 Å². The van der Waals surface area contributed by atoms with Crippen molar-refractivity contribution in [3.63, 3.8) is 0 Å². The Morgan fingerprint density at radius 2 is 1.97 bits per heavy atom. The summed E-state index contributed by atoms with van der Waals surface area (Å²) >= 11 is 1.76. The van der Waals surface area contributed by atoms with E-state index in [9.17, 15) is 0 Å². The summed E-state index contributed by atoms with van der Waals surface area (Å²) in [4.78, 5) is 10.5. The lowest BCUT2D eigenvalue weighted by Gasteiger charge is -2.44. The van der Waals surface area contributed by atoms with Crippen LogP contribution in [0.15, 0.2) is 48.7 Å². The summed E-state index contributed by atoms with van der Waals surface area (Å²) < 4.78 is 12.3. The minimum atomic E-state index is -0.274. The first-order chi connectivity index (χ1) is 15.3. The average molecular weight is 450 g/mol. The molecule has 0 fully saturated rings. The molecular weight excluding hydrogens is 418 g/mol. The van der Waals surface area contributed by atoms with Gasteiger partial charge in [0.25, 0.3) is 0 Å². The number of aromatic nitrogens is 1. The standard InChI is InChI=1S/C26H31N3O2S/c1-6-30-18-11-12-21-23(13-18)31-25(2,3)16-26(21)17-29(22-10-8-7-9-20(22)26)15-19-14-27-24(32-19)28(4)5/h7-14H,6,15-17H2,1-5H3. The van der Waals surface area contributed by atoms with Gasteiger partial charge in [0.2, 0.25) is 0 Å². The van der Waals surface area contributed by atoms with Gasteiger partial charge in [-0.1, -0.05) is 24.3 Å². The molecule has 1 atom stereocenters. The van der Waals surface area contributed by atoms with Crippen LogP contribution in [0.3, 0.4) is 0 Å². The molecule has 5 rings (SSSR count). The molecule has 1 aromatic heterocycles. The van der Waals surface area contributed by atoms with Crippen LogP contribution in [0.1, 0.15) is 43.2 Å². The summed E-state index contributed by atoms with van der Waals surface area (Å²) in [7, 11) is 4.08. The maximum Gasteiger partial charge on any atom is 0.185 e. The lowest BCUT2D eigenvalue weighted by Crippen LogP contribution is -2.47. The van der Waals surface area contributed by atoms with Crippen molar-refractivity contribution in [1.82, 2.24) is 4.98 Å². The number of hydrogen-bond acceptors (Lipinski definition) is 6. The quantitative estimate of drug-likeness (QED) is 0.516. The molecule has 6 heteroatoms. The summed E-state index contributed by atoms with van der Waals surface area (Å²) in [6, 6.07) is 15.2. The van der Waals surface area contributed by atoms with Gasteiger partial charge in [-0.05, 0) is 38.5 Å². The third-order valence-electron chi connectivity index (χ3n) is 6.39. The molecule has 0 N–H and O–H groups in total. The third kappa shape index (κ3) is 3.51. The maximum atomic E-state index is 6.48. The normalized spacial score (nSPS) is 20.6. The molecule has 5 nitrogen and oxygen atoms in total. The highest BCUT2D eigenvalue weighted by Crippen LogP contribution is 2.55. The van der Waals surface area contributed by atoms with Gasteiger partial charge < -0.3 is 19.3 Å². The van der Waals surface area contributed by atoms with E-state index in [1.807, 2.05) is 27.2 Å². The molecule has 0 amide bonds. The summed E-state index contributed by atoms with van der Waals surface area (Å²) in [5.74, 6) is 1.81. The molecule has 0 radical (unpaired) electrons. The van der Waals surface area contributed by atoms with Crippen LogP contribution in [0.2, 0.25) is 0 Å². The van der Waals surface area contributed by atoms with Crippen molar-refractivity contribution in [2.75, 3.05) is 37.0 Å². The van der Waals surface area contributed by atoms with E-state index in [4.69, 9.17) is 9.47 Å². The van der Waals surface area contributed by atoms with Gasteiger partial charge in [-0.3, -0.25) is 0 Å². The van der Waals surface area contributed by atoms with Crippen LogP contribution in [0.4, 0.5) is 10.8 Å². The molecule has 0 aliphatic carbocycles. The Balaban J connectivity index is 1.58. The van der Waals surface area contributed by atoms with Crippen molar-refractivity contribution in [3.05, 3.63) is 64.7 Å². The summed E-state index contributed by atoms with van der Waals surface area (Å²) in [6.07, 6.45) is 2.95. The molecule has 0 saturated heterocycles. The Labute approximate surface area is 194 Å². The molecule has 1 spiro atoms. The number of fused-ring (bicyclic) bond motifs is 4. The van der Waals surface area contributed by atoms with Crippen LogP contribution in [-0.2, 0) is 12.0 Å². The van der Waals surface area contributed by atoms with E-state index in [1.165, 1.54) is 21.7 Å². The second-order valence-electron chi connectivity index (χ2n) is 9.59. The fourth-order valence-corrected chi connectivity index (χ4v) is 6.18. The van der Waals surface area contributed by atoms with E-state index in [0.717, 1.165) is 36.1 Å². The lowest BCUT2D eigenvalue weighted by molar-refractivity contribution is 0.0572. The van der Waals surface area contributed by atoms with E-state index in [2.05, 4.69) is 71.1 Å². The van der Waals surface area contributed by atoms with Gasteiger partial charge in [0.05, 0.1) is 13.2 Å². The van der Waals surface area contributed by atoms with Crippen LogP contribution < -0.4 is 19.3 Å². The Bertz CT molecular complexity index is 1140. The van der Waals surface area contributed by atoms with Crippen molar-refractivity contribution in [1.29, 1.82) is 0 Å². The number of hydrogen-bond donors (Lipinski definition) is 0. The van der Waals surface area contributed by atoms with Crippen molar-refractivity contribution < 1.29 is 9.47 Å². The molecule has 2 aliphatic rings. The Hall–Kier alpha value is -2.73. The fourth-order valence-electron chi connectivity index (χ4n) is 5.33. The van der Waals surface area contributed by atoms with Crippen molar-refractivity contribution in [3.8, 4) is 11.5 Å². The Kier molecular flexibility index (Phi) is 5.08. The minimum absolute atomic E-state index is 0.118. The van der Waals surface area contributed by atoms with Gasteiger partial charge in [0.1, 0.15) is 17.1 Å². The highest BCUT2D eigenvalue weighted by Gasteiger charge is 2.52. The first kappa shape index (κ1) is 21.1. The zero-order valence-corrected chi connectivity index (χ0v) is 20.3. The monoisotopic (exact) mass is 449 g/mol. The molecule has 0 bridgehead atoms. The number of rotatable bonds is 5. The van der Waals surface area contributed by atoms with Gasteiger partial charge in [-0.15, -0.1) is 11.3 Å². The Morgan fingerprint density at radius 3 is 2.72 bits per heavy atom. The van der Waals surface area contributed by atoms with Crippen LogP contribution in [0.5, 0.6) is 11.5 Å². The molecule has 0 saturated carbocycles. The average Bonchev–Trinajstić information content (AvgIpc) is 3.32. The number of nitrogens with zero attached hydrogens (tertiary/aromatic N) is 3. The molecule has 3 aromatic rings. The maximum absolute atomic E-state index is 6.48. The number of para-hydroxylation sites is 1. The van der Waals surface area contributed by atoms with Crippen LogP contribution in [-0.4, -0.2) is 37.8 Å². The van der Waals surface area contributed by atoms with Crippen LogP contribution >= 0.6 is 11.3 Å². The van der Waals surface area contributed by atoms with Crippen molar-refractivity contribution in [2.45, 2.75) is 44.8 Å². The zero-order valence-electron chi connectivity index (χ0n) is 19.5. The lowest BCUT2D eigenvalue weighted by atomic mass is 9.67. The molecule has 2 aliphatic heterocycles. The van der Waals surface area contributed by atoms with Gasteiger partial charge in [-0.25, -0.2) is 4.98 Å². The van der Waals surface area contributed by atoms with Crippen molar-refractivity contribution in [2.24, 2.45) is 0 Å². The number of thiazole rings is 1.